The van der Waals surface area contributed by atoms with Gasteiger partial charge in [0.2, 0.25) is 0 Å². The molecule has 2 rings (SSSR count). The molecule has 21 heavy (non-hydrogen) atoms. The fourth-order valence-corrected chi connectivity index (χ4v) is 2.09. The zero-order chi connectivity index (χ0) is 15.4. The van der Waals surface area contributed by atoms with Crippen molar-refractivity contribution in [3.63, 3.8) is 0 Å². The van der Waals surface area contributed by atoms with Gasteiger partial charge in [0.25, 0.3) is 5.91 Å². The van der Waals surface area contributed by atoms with Crippen LogP contribution in [0.3, 0.4) is 0 Å². The Morgan fingerprint density at radius 3 is 1.81 bits per heavy atom. The SMILES string of the molecule is Cc1cc(C)cc(C(=O)Nc2ccc(NC(N)=O)cc2)c1. The zero-order valence-corrected chi connectivity index (χ0v) is 11.9. The molecule has 0 aromatic heterocycles. The minimum atomic E-state index is -0.623. The highest BCUT2D eigenvalue weighted by molar-refractivity contribution is 6.04. The fraction of sp³-hybridized carbons (Fsp3) is 0.125. The number of hydrogen-bond donors (Lipinski definition) is 3. The van der Waals surface area contributed by atoms with Gasteiger partial charge in [0.1, 0.15) is 0 Å². The third-order valence-electron chi connectivity index (χ3n) is 2.89. The first-order valence-electron chi connectivity index (χ1n) is 6.50. The third kappa shape index (κ3) is 4.07. The van der Waals surface area contributed by atoms with E-state index in [4.69, 9.17) is 5.73 Å². The van der Waals surface area contributed by atoms with Gasteiger partial charge in [-0.2, -0.15) is 0 Å². The van der Waals surface area contributed by atoms with Crippen molar-refractivity contribution >= 4 is 23.3 Å². The Kier molecular flexibility index (Phi) is 4.23. The number of hydrogen-bond acceptors (Lipinski definition) is 2. The molecule has 5 heteroatoms. The lowest BCUT2D eigenvalue weighted by molar-refractivity contribution is 0.102. The Balaban J connectivity index is 2.10. The van der Waals surface area contributed by atoms with Crippen LogP contribution in [-0.4, -0.2) is 11.9 Å². The van der Waals surface area contributed by atoms with Gasteiger partial charge in [-0.3, -0.25) is 4.79 Å². The number of amides is 3. The molecule has 4 N–H and O–H groups in total. The number of rotatable bonds is 3. The molecule has 2 aromatic carbocycles. The second-order valence-corrected chi connectivity index (χ2v) is 4.90. The summed E-state index contributed by atoms with van der Waals surface area (Å²) in [6, 6.07) is 11.8. The molecule has 0 saturated heterocycles. The summed E-state index contributed by atoms with van der Waals surface area (Å²) < 4.78 is 0. The molecule has 2 aromatic rings. The van der Waals surface area contributed by atoms with E-state index in [1.807, 2.05) is 32.0 Å². The standard InChI is InChI=1S/C16H17N3O2/c1-10-7-11(2)9-12(8-10)15(20)18-13-3-5-14(6-4-13)19-16(17)21/h3-9H,1-2H3,(H,18,20)(H3,17,19,21). The molecule has 0 aliphatic heterocycles. The minimum absolute atomic E-state index is 0.169. The van der Waals surface area contributed by atoms with Crippen LogP contribution in [-0.2, 0) is 0 Å². The number of urea groups is 1. The van der Waals surface area contributed by atoms with Crippen molar-refractivity contribution < 1.29 is 9.59 Å². The Morgan fingerprint density at radius 1 is 0.857 bits per heavy atom. The van der Waals surface area contributed by atoms with E-state index in [1.54, 1.807) is 24.3 Å². The molecule has 108 valence electrons. The number of benzene rings is 2. The summed E-state index contributed by atoms with van der Waals surface area (Å²) in [6.45, 7) is 3.90. The number of anilines is 2. The molecule has 0 spiro atoms. The van der Waals surface area contributed by atoms with Crippen LogP contribution in [0.1, 0.15) is 21.5 Å². The Bertz CT molecular complexity index is 658. The van der Waals surface area contributed by atoms with Crippen LogP contribution >= 0.6 is 0 Å². The largest absolute Gasteiger partial charge is 0.351 e. The van der Waals surface area contributed by atoms with Gasteiger partial charge in [-0.25, -0.2) is 4.79 Å². The average molecular weight is 283 g/mol. The Labute approximate surface area is 123 Å². The van der Waals surface area contributed by atoms with Gasteiger partial charge in [0.15, 0.2) is 0 Å². The lowest BCUT2D eigenvalue weighted by Crippen LogP contribution is -2.19. The maximum atomic E-state index is 12.2. The highest BCUT2D eigenvalue weighted by Gasteiger charge is 2.07. The number of nitrogens with two attached hydrogens (primary N) is 1. The van der Waals surface area contributed by atoms with Crippen LogP contribution < -0.4 is 16.4 Å². The van der Waals surface area contributed by atoms with E-state index >= 15 is 0 Å². The van der Waals surface area contributed by atoms with Gasteiger partial charge in [-0.1, -0.05) is 17.2 Å². The molecule has 0 fully saturated rings. The second kappa shape index (κ2) is 6.09. The molecule has 5 nitrogen and oxygen atoms in total. The van der Waals surface area contributed by atoms with Gasteiger partial charge in [0, 0.05) is 16.9 Å². The fourth-order valence-electron chi connectivity index (χ4n) is 2.09. The van der Waals surface area contributed by atoms with Crippen LogP contribution in [0.25, 0.3) is 0 Å². The molecule has 0 radical (unpaired) electrons. The number of primary amides is 1. The molecular formula is C16H17N3O2. The summed E-state index contributed by atoms with van der Waals surface area (Å²) in [4.78, 5) is 22.9. The van der Waals surface area contributed by atoms with Crippen molar-refractivity contribution in [3.05, 3.63) is 59.2 Å². The number of carbonyl (C=O) groups is 2. The lowest BCUT2D eigenvalue weighted by Gasteiger charge is -2.08. The molecule has 0 aliphatic carbocycles. The third-order valence-corrected chi connectivity index (χ3v) is 2.89. The normalized spacial score (nSPS) is 10.0. The van der Waals surface area contributed by atoms with Crippen LogP contribution in [0.15, 0.2) is 42.5 Å². The van der Waals surface area contributed by atoms with Gasteiger partial charge in [-0.05, 0) is 50.2 Å². The van der Waals surface area contributed by atoms with Crippen molar-refractivity contribution in [2.24, 2.45) is 5.73 Å². The Hall–Kier alpha value is -2.82. The van der Waals surface area contributed by atoms with Crippen molar-refractivity contribution in [3.8, 4) is 0 Å². The number of aryl methyl sites for hydroxylation is 2. The highest BCUT2D eigenvalue weighted by Crippen LogP contribution is 2.15. The molecule has 0 bridgehead atoms. The van der Waals surface area contributed by atoms with Gasteiger partial charge < -0.3 is 16.4 Å². The maximum Gasteiger partial charge on any atom is 0.316 e. The smallest absolute Gasteiger partial charge is 0.316 e. The number of nitrogens with one attached hydrogen (secondary N) is 2. The van der Waals surface area contributed by atoms with E-state index in [9.17, 15) is 9.59 Å². The summed E-state index contributed by atoms with van der Waals surface area (Å²) in [6.07, 6.45) is 0. The van der Waals surface area contributed by atoms with Crippen LogP contribution in [0.4, 0.5) is 16.2 Å². The first-order chi connectivity index (χ1) is 9.94. The molecule has 0 atom stereocenters. The topological polar surface area (TPSA) is 84.2 Å². The predicted molar refractivity (Wildman–Crippen MR) is 83.5 cm³/mol. The summed E-state index contributed by atoms with van der Waals surface area (Å²) in [5, 5.41) is 5.27. The monoisotopic (exact) mass is 283 g/mol. The molecule has 0 heterocycles. The quantitative estimate of drug-likeness (QED) is 0.808. The van der Waals surface area contributed by atoms with E-state index < -0.39 is 6.03 Å². The first kappa shape index (κ1) is 14.6. The van der Waals surface area contributed by atoms with E-state index in [0.29, 0.717) is 16.9 Å². The molecule has 0 aliphatic rings. The van der Waals surface area contributed by atoms with Crippen molar-refractivity contribution in [2.45, 2.75) is 13.8 Å². The van der Waals surface area contributed by atoms with E-state index in [2.05, 4.69) is 10.6 Å². The van der Waals surface area contributed by atoms with Gasteiger partial charge in [-0.15, -0.1) is 0 Å². The lowest BCUT2D eigenvalue weighted by atomic mass is 10.1. The Morgan fingerprint density at radius 2 is 1.33 bits per heavy atom. The van der Waals surface area contributed by atoms with E-state index in [-0.39, 0.29) is 5.91 Å². The van der Waals surface area contributed by atoms with E-state index in [1.165, 1.54) is 0 Å². The van der Waals surface area contributed by atoms with Gasteiger partial charge in [0.05, 0.1) is 0 Å². The summed E-state index contributed by atoms with van der Waals surface area (Å²) >= 11 is 0. The summed E-state index contributed by atoms with van der Waals surface area (Å²) in [5.74, 6) is -0.169. The van der Waals surface area contributed by atoms with Crippen LogP contribution in [0.5, 0.6) is 0 Å². The number of carbonyl (C=O) groups excluding carboxylic acids is 2. The predicted octanol–water partition coefficient (Wildman–Crippen LogP) is 3.05. The van der Waals surface area contributed by atoms with Crippen LogP contribution in [0.2, 0.25) is 0 Å². The second-order valence-electron chi connectivity index (χ2n) is 4.90. The van der Waals surface area contributed by atoms with Crippen molar-refractivity contribution in [2.75, 3.05) is 10.6 Å². The molecule has 0 unspecified atom stereocenters. The molecule has 0 saturated carbocycles. The van der Waals surface area contributed by atoms with E-state index in [0.717, 1.165) is 11.1 Å². The summed E-state index contributed by atoms with van der Waals surface area (Å²) in [7, 11) is 0. The van der Waals surface area contributed by atoms with Gasteiger partial charge >= 0.3 is 6.03 Å². The molecular weight excluding hydrogens is 266 g/mol. The highest BCUT2D eigenvalue weighted by atomic mass is 16.2. The average Bonchev–Trinajstić information content (AvgIpc) is 2.39. The summed E-state index contributed by atoms with van der Waals surface area (Å²) in [5.41, 5.74) is 8.95. The zero-order valence-electron chi connectivity index (χ0n) is 11.9. The van der Waals surface area contributed by atoms with Crippen LogP contribution in [0, 0.1) is 13.8 Å². The van der Waals surface area contributed by atoms with Crippen molar-refractivity contribution in [1.29, 1.82) is 0 Å². The molecule has 3 amide bonds. The maximum absolute atomic E-state index is 12.2. The minimum Gasteiger partial charge on any atom is -0.351 e. The van der Waals surface area contributed by atoms with Crippen molar-refractivity contribution in [1.82, 2.24) is 0 Å². The first-order valence-corrected chi connectivity index (χ1v) is 6.50.